The predicted molar refractivity (Wildman–Crippen MR) is 142 cm³/mol. The van der Waals surface area contributed by atoms with Crippen LogP contribution in [0.4, 0.5) is 16.2 Å². The van der Waals surface area contributed by atoms with Crippen LogP contribution in [0.15, 0.2) is 48.1 Å². The molecule has 1 saturated carbocycles. The van der Waals surface area contributed by atoms with E-state index in [1.165, 1.54) is 17.8 Å². The van der Waals surface area contributed by atoms with Gasteiger partial charge in [0.25, 0.3) is 0 Å². The van der Waals surface area contributed by atoms with Gasteiger partial charge in [0.2, 0.25) is 11.8 Å². The first-order valence-corrected chi connectivity index (χ1v) is 13.4. The second kappa shape index (κ2) is 10.1. The van der Waals surface area contributed by atoms with E-state index in [2.05, 4.69) is 27.5 Å². The van der Waals surface area contributed by atoms with Gasteiger partial charge in [-0.2, -0.15) is 0 Å². The van der Waals surface area contributed by atoms with Crippen molar-refractivity contribution in [3.8, 4) is 5.75 Å². The van der Waals surface area contributed by atoms with Gasteiger partial charge in [-0.3, -0.25) is 14.5 Å². The van der Waals surface area contributed by atoms with Gasteiger partial charge in [0.15, 0.2) is 0 Å². The maximum Gasteiger partial charge on any atom is 0.327 e. The molecule has 4 atom stereocenters. The smallest absolute Gasteiger partial charge is 0.327 e. The van der Waals surface area contributed by atoms with Crippen molar-refractivity contribution in [3.05, 3.63) is 54.2 Å². The highest BCUT2D eigenvalue weighted by Crippen LogP contribution is 2.51. The van der Waals surface area contributed by atoms with Crippen LogP contribution < -0.4 is 25.6 Å². The molecule has 0 bridgehead atoms. The van der Waals surface area contributed by atoms with E-state index in [1.54, 1.807) is 11.1 Å². The van der Waals surface area contributed by atoms with Crippen LogP contribution in [-0.4, -0.2) is 46.3 Å². The van der Waals surface area contributed by atoms with Crippen molar-refractivity contribution in [2.24, 2.45) is 0 Å². The molecule has 1 aromatic heterocycles. The minimum absolute atomic E-state index is 0.0148. The van der Waals surface area contributed by atoms with Gasteiger partial charge in [0, 0.05) is 23.8 Å². The summed E-state index contributed by atoms with van der Waals surface area (Å²) in [6, 6.07) is 6.71. The minimum Gasteiger partial charge on any atom is -0.491 e. The second-order valence-corrected chi connectivity index (χ2v) is 11.0. The summed E-state index contributed by atoms with van der Waals surface area (Å²) < 4.78 is 5.80. The summed E-state index contributed by atoms with van der Waals surface area (Å²) in [5.74, 6) is 0.404. The Kier molecular flexibility index (Phi) is 6.85. The molecule has 5 rings (SSSR count). The highest BCUT2D eigenvalue weighted by Gasteiger charge is 2.47. The maximum atomic E-state index is 13.4. The number of hydrogen-bond acceptors (Lipinski definition) is 6. The molecule has 4 amide bonds. The Bertz CT molecular complexity index is 1270. The molecule has 1 aromatic carbocycles. The highest BCUT2D eigenvalue weighted by atomic mass is 32.2. The topological polar surface area (TPSA) is 113 Å². The van der Waals surface area contributed by atoms with E-state index < -0.39 is 11.3 Å². The number of amides is 4. The number of rotatable bonds is 7. The van der Waals surface area contributed by atoms with Crippen LogP contribution in [0.3, 0.4) is 0 Å². The third kappa shape index (κ3) is 4.90. The van der Waals surface area contributed by atoms with Crippen molar-refractivity contribution in [3.63, 3.8) is 0 Å². The Labute approximate surface area is 220 Å². The normalized spacial score (nSPS) is 23.9. The number of pyridine rings is 1. The van der Waals surface area contributed by atoms with E-state index in [1.807, 2.05) is 45.0 Å². The van der Waals surface area contributed by atoms with E-state index in [4.69, 9.17) is 4.74 Å². The highest BCUT2D eigenvalue weighted by molar-refractivity contribution is 8.01. The van der Waals surface area contributed by atoms with E-state index in [9.17, 15) is 14.4 Å². The maximum absolute atomic E-state index is 13.4. The molecule has 3 N–H and O–H groups in total. The number of ether oxygens (including phenoxy) is 1. The Morgan fingerprint density at radius 2 is 1.97 bits per heavy atom. The van der Waals surface area contributed by atoms with E-state index in [-0.39, 0.29) is 36.0 Å². The van der Waals surface area contributed by atoms with E-state index >= 15 is 0 Å². The fraction of sp³-hybridized carbons (Fsp3) is 0.407. The molecule has 9 nitrogen and oxygen atoms in total. The average Bonchev–Trinajstić information content (AvgIpc) is 3.44. The molecule has 0 radical (unpaired) electrons. The summed E-state index contributed by atoms with van der Waals surface area (Å²) >= 11 is 1.37. The van der Waals surface area contributed by atoms with Gasteiger partial charge in [0.05, 0.1) is 23.5 Å². The number of carbonyl (C=O) groups is 3. The number of carbonyl (C=O) groups excluding carboxylic acids is 3. The lowest BCUT2D eigenvalue weighted by molar-refractivity contribution is -0.121. The quantitative estimate of drug-likeness (QED) is 0.477. The zero-order valence-electron chi connectivity index (χ0n) is 21.1. The number of nitrogens with one attached hydrogen (secondary N) is 3. The number of benzene rings is 1. The summed E-state index contributed by atoms with van der Waals surface area (Å²) in [7, 11) is 0. The lowest BCUT2D eigenvalue weighted by atomic mass is 9.99. The van der Waals surface area contributed by atoms with Crippen LogP contribution in [0.1, 0.15) is 50.3 Å². The standard InChI is InChI=1S/C27H31N5O4S/c1-5-21(33)29-16-6-7-17(13-16)30-25(34)24-23-22-20(10-11-28-26(22)37-24)32(27(35)31-23)19-9-8-18(12-15(19)4)36-14(2)3/h5,8-12,14,16-17,23-24H,1,6-7,13H2,2-4H3,(H,29,33)(H,30,34)(H,31,35)/t16-,17+,23?,24?/m1/s1. The van der Waals surface area contributed by atoms with Crippen molar-refractivity contribution in [1.82, 2.24) is 20.9 Å². The first-order valence-electron chi connectivity index (χ1n) is 12.5. The summed E-state index contributed by atoms with van der Waals surface area (Å²) in [5, 5.41) is 9.31. The molecule has 2 unspecified atom stereocenters. The molecule has 3 aliphatic rings. The van der Waals surface area contributed by atoms with Crippen molar-refractivity contribution in [1.29, 1.82) is 0 Å². The van der Waals surface area contributed by atoms with Gasteiger partial charge in [-0.15, -0.1) is 0 Å². The number of hydrogen-bond donors (Lipinski definition) is 3. The van der Waals surface area contributed by atoms with Crippen LogP contribution >= 0.6 is 11.8 Å². The third-order valence-corrected chi connectivity index (χ3v) is 8.14. The summed E-state index contributed by atoms with van der Waals surface area (Å²) in [6.45, 7) is 9.37. The van der Waals surface area contributed by atoms with Crippen LogP contribution in [0, 0.1) is 6.92 Å². The Balaban J connectivity index is 1.35. The average molecular weight is 522 g/mol. The molecule has 0 saturated heterocycles. The number of urea groups is 1. The number of aryl methyl sites for hydroxylation is 1. The molecule has 0 spiro atoms. The first-order chi connectivity index (χ1) is 17.7. The lowest BCUT2D eigenvalue weighted by Gasteiger charge is -2.35. The molecule has 1 fully saturated rings. The zero-order chi connectivity index (χ0) is 26.3. The largest absolute Gasteiger partial charge is 0.491 e. The first kappa shape index (κ1) is 25.1. The molecular formula is C27H31N5O4S. The summed E-state index contributed by atoms with van der Waals surface area (Å²) in [4.78, 5) is 44.6. The molecule has 2 aromatic rings. The Hall–Kier alpha value is -3.53. The van der Waals surface area contributed by atoms with Crippen LogP contribution in [0.5, 0.6) is 5.75 Å². The fourth-order valence-corrected chi connectivity index (χ4v) is 6.51. The second-order valence-electron chi connectivity index (χ2n) is 9.89. The minimum atomic E-state index is -0.528. The lowest BCUT2D eigenvalue weighted by Crippen LogP contribution is -2.50. The van der Waals surface area contributed by atoms with Gasteiger partial charge in [-0.25, -0.2) is 9.78 Å². The molecule has 3 heterocycles. The SMILES string of the molecule is C=CC(=O)N[C@@H]1CC[C@H](NC(=O)C2Sc3nccc4c3C2NC(=O)N4c2ccc(OC(C)C)cc2C)C1. The number of thioether (sulfide) groups is 1. The van der Waals surface area contributed by atoms with E-state index in [0.29, 0.717) is 6.42 Å². The van der Waals surface area contributed by atoms with Gasteiger partial charge < -0.3 is 20.7 Å². The fourth-order valence-electron chi connectivity index (χ4n) is 5.28. The van der Waals surface area contributed by atoms with Crippen LogP contribution in [-0.2, 0) is 9.59 Å². The van der Waals surface area contributed by atoms with Gasteiger partial charge in [0.1, 0.15) is 16.0 Å². The Morgan fingerprint density at radius 3 is 2.68 bits per heavy atom. The van der Waals surface area contributed by atoms with Crippen molar-refractivity contribution in [2.45, 2.75) is 74.5 Å². The van der Waals surface area contributed by atoms with Crippen LogP contribution in [0.2, 0.25) is 0 Å². The zero-order valence-corrected chi connectivity index (χ0v) is 21.9. The van der Waals surface area contributed by atoms with Gasteiger partial charge in [-0.1, -0.05) is 18.3 Å². The Morgan fingerprint density at radius 1 is 1.22 bits per heavy atom. The predicted octanol–water partition coefficient (Wildman–Crippen LogP) is 3.89. The summed E-state index contributed by atoms with van der Waals surface area (Å²) in [6.07, 6.45) is 5.23. The molecule has 1 aliphatic carbocycles. The molecule has 10 heteroatoms. The summed E-state index contributed by atoms with van der Waals surface area (Å²) in [5.41, 5.74) is 3.24. The molecular weight excluding hydrogens is 490 g/mol. The monoisotopic (exact) mass is 521 g/mol. The number of nitrogens with zero attached hydrogens (tertiary/aromatic N) is 2. The van der Waals surface area contributed by atoms with Crippen LogP contribution in [0.25, 0.3) is 0 Å². The van der Waals surface area contributed by atoms with Crippen molar-refractivity contribution < 1.29 is 19.1 Å². The molecule has 2 aliphatic heterocycles. The molecule has 194 valence electrons. The van der Waals surface area contributed by atoms with Gasteiger partial charge in [-0.05, 0) is 75.9 Å². The van der Waals surface area contributed by atoms with Crippen molar-refractivity contribution in [2.75, 3.05) is 4.90 Å². The molecule has 37 heavy (non-hydrogen) atoms. The van der Waals surface area contributed by atoms with Crippen molar-refractivity contribution >= 4 is 41.0 Å². The third-order valence-electron chi connectivity index (χ3n) is 6.86. The number of aromatic nitrogens is 1. The number of anilines is 2. The van der Waals surface area contributed by atoms with E-state index in [0.717, 1.165) is 46.1 Å². The van der Waals surface area contributed by atoms with Gasteiger partial charge >= 0.3 is 6.03 Å².